The van der Waals surface area contributed by atoms with Crippen LogP contribution in [-0.4, -0.2) is 23.6 Å². The van der Waals surface area contributed by atoms with Crippen LogP contribution in [0.15, 0.2) is 133 Å². The highest BCUT2D eigenvalue weighted by Crippen LogP contribution is 2.56. The van der Waals surface area contributed by atoms with Crippen molar-refractivity contribution in [2.24, 2.45) is 0 Å². The van der Waals surface area contributed by atoms with Crippen LogP contribution in [0, 0.1) is 0 Å². The zero-order valence-corrected chi connectivity index (χ0v) is 27.0. The number of hydrogen-bond acceptors (Lipinski definition) is 4. The summed E-state index contributed by atoms with van der Waals surface area (Å²) in [7, 11) is 0. The molecule has 6 aromatic rings. The van der Waals surface area contributed by atoms with E-state index in [4.69, 9.17) is 23.2 Å². The molecular formula is C41H22Cl2N2O4. The first-order valence-corrected chi connectivity index (χ1v) is 16.3. The van der Waals surface area contributed by atoms with Gasteiger partial charge in [0.05, 0.1) is 39.0 Å². The lowest BCUT2D eigenvalue weighted by Crippen LogP contribution is -2.31. The molecule has 0 saturated carbocycles. The number of fused-ring (bicyclic) bond motifs is 5. The Kier molecular flexibility index (Phi) is 6.34. The quantitative estimate of drug-likeness (QED) is 0.174. The van der Waals surface area contributed by atoms with Crippen LogP contribution in [0.2, 0.25) is 10.0 Å². The number of imide groups is 2. The third kappa shape index (κ3) is 4.02. The first-order chi connectivity index (χ1) is 23.8. The summed E-state index contributed by atoms with van der Waals surface area (Å²) in [5, 5.41) is 0.770. The predicted octanol–water partition coefficient (Wildman–Crippen LogP) is 8.96. The average molecular weight is 678 g/mol. The van der Waals surface area contributed by atoms with Gasteiger partial charge in [-0.2, -0.15) is 0 Å². The normalized spacial score (nSPS) is 15.4. The van der Waals surface area contributed by atoms with E-state index in [2.05, 4.69) is 24.3 Å². The van der Waals surface area contributed by atoms with Crippen LogP contribution in [-0.2, 0) is 5.41 Å². The summed E-state index contributed by atoms with van der Waals surface area (Å²) < 4.78 is 0. The molecule has 0 fully saturated rings. The molecular weight excluding hydrogens is 655 g/mol. The van der Waals surface area contributed by atoms with Crippen molar-refractivity contribution < 1.29 is 19.2 Å². The highest BCUT2D eigenvalue weighted by atomic mass is 35.5. The number of carbonyl (C=O) groups is 4. The Hall–Kier alpha value is -5.82. The van der Waals surface area contributed by atoms with Gasteiger partial charge in [-0.3, -0.25) is 19.2 Å². The smallest absolute Gasteiger partial charge is 0.266 e. The van der Waals surface area contributed by atoms with Crippen molar-refractivity contribution in [1.82, 2.24) is 0 Å². The second kappa shape index (κ2) is 10.6. The van der Waals surface area contributed by atoms with Gasteiger partial charge in [0.25, 0.3) is 23.6 Å². The lowest BCUT2D eigenvalue weighted by atomic mass is 9.67. The standard InChI is InChI=1S/C41H22Cl2N2O4/c42-25-13-19-31-33(21-25)39(48)44(37(31)46)27-15-9-23(10-16-27)41(35-7-3-1-5-29(35)30-6-2-4-8-36(30)41)24-11-17-28(18-12-24)45-38(47)32-20-14-26(43)22-34(32)40(45)49/h1-22H. The van der Waals surface area contributed by atoms with Crippen molar-refractivity contribution in [3.05, 3.63) is 188 Å². The molecule has 4 amide bonds. The predicted molar refractivity (Wildman–Crippen MR) is 189 cm³/mol. The number of anilines is 2. The van der Waals surface area contributed by atoms with E-state index in [9.17, 15) is 19.2 Å². The lowest BCUT2D eigenvalue weighted by molar-refractivity contribution is 0.0910. The number of benzene rings is 6. The Morgan fingerprint density at radius 1 is 0.388 bits per heavy atom. The molecule has 8 heteroatoms. The highest BCUT2D eigenvalue weighted by Gasteiger charge is 2.46. The van der Waals surface area contributed by atoms with Crippen LogP contribution in [0.25, 0.3) is 11.1 Å². The molecule has 2 aliphatic heterocycles. The Morgan fingerprint density at radius 2 is 0.755 bits per heavy atom. The molecule has 0 radical (unpaired) electrons. The average Bonchev–Trinajstić information content (AvgIpc) is 3.66. The minimum absolute atomic E-state index is 0.276. The maximum absolute atomic E-state index is 13.4. The summed E-state index contributed by atoms with van der Waals surface area (Å²) in [6.07, 6.45) is 0. The number of nitrogens with zero attached hydrogens (tertiary/aromatic N) is 2. The van der Waals surface area contributed by atoms with Crippen molar-refractivity contribution in [3.63, 3.8) is 0 Å². The Bertz CT molecular complexity index is 2280. The van der Waals surface area contributed by atoms with Gasteiger partial charge in [-0.05, 0) is 94.0 Å². The van der Waals surface area contributed by atoms with Gasteiger partial charge >= 0.3 is 0 Å². The van der Waals surface area contributed by atoms with Crippen LogP contribution in [0.1, 0.15) is 63.7 Å². The zero-order valence-electron chi connectivity index (χ0n) is 25.5. The van der Waals surface area contributed by atoms with Crippen molar-refractivity contribution in [2.45, 2.75) is 5.41 Å². The third-order valence-electron chi connectivity index (χ3n) is 9.77. The molecule has 0 unspecified atom stereocenters. The van der Waals surface area contributed by atoms with E-state index in [1.807, 2.05) is 48.5 Å². The molecule has 6 nitrogen and oxygen atoms in total. The van der Waals surface area contributed by atoms with Crippen molar-refractivity contribution >= 4 is 58.2 Å². The molecule has 6 aromatic carbocycles. The van der Waals surface area contributed by atoms with Gasteiger partial charge in [-0.1, -0.05) is 96.0 Å². The van der Waals surface area contributed by atoms with Crippen LogP contribution < -0.4 is 9.80 Å². The molecule has 0 N–H and O–H groups in total. The maximum Gasteiger partial charge on any atom is 0.266 e. The fraction of sp³-hybridized carbons (Fsp3) is 0.0244. The van der Waals surface area contributed by atoms with Gasteiger partial charge in [-0.15, -0.1) is 0 Å². The molecule has 0 bridgehead atoms. The largest absolute Gasteiger partial charge is 0.268 e. The van der Waals surface area contributed by atoms with E-state index in [1.165, 1.54) is 21.9 Å². The molecule has 49 heavy (non-hydrogen) atoms. The SMILES string of the molecule is O=C1c2ccc(Cl)cc2C(=O)N1c1ccc(C2(c3ccc(N4C(=O)c5ccc(Cl)cc5C4=O)cc3)c3ccccc3-c3ccccc32)cc1. The van der Waals surface area contributed by atoms with E-state index in [0.29, 0.717) is 32.5 Å². The van der Waals surface area contributed by atoms with Crippen LogP contribution in [0.3, 0.4) is 0 Å². The van der Waals surface area contributed by atoms with Gasteiger partial charge in [0.15, 0.2) is 0 Å². The summed E-state index contributed by atoms with van der Waals surface area (Å²) in [4.78, 5) is 55.8. The molecule has 234 valence electrons. The maximum atomic E-state index is 13.4. The fourth-order valence-corrected chi connectivity index (χ4v) is 7.98. The van der Waals surface area contributed by atoms with E-state index in [1.54, 1.807) is 48.5 Å². The minimum atomic E-state index is -0.796. The second-order valence-electron chi connectivity index (χ2n) is 12.2. The van der Waals surface area contributed by atoms with Crippen molar-refractivity contribution in [2.75, 3.05) is 9.80 Å². The van der Waals surface area contributed by atoms with E-state index < -0.39 is 29.0 Å². The van der Waals surface area contributed by atoms with Crippen molar-refractivity contribution in [1.29, 1.82) is 0 Å². The fourth-order valence-electron chi connectivity index (χ4n) is 7.64. The van der Waals surface area contributed by atoms with Crippen LogP contribution in [0.5, 0.6) is 0 Å². The number of hydrogen-bond donors (Lipinski definition) is 0. The van der Waals surface area contributed by atoms with Gasteiger partial charge in [0.2, 0.25) is 0 Å². The molecule has 0 spiro atoms. The Balaban J connectivity index is 1.18. The summed E-state index contributed by atoms with van der Waals surface area (Å²) in [5.41, 5.74) is 7.39. The van der Waals surface area contributed by atoms with Crippen molar-refractivity contribution in [3.8, 4) is 11.1 Å². The highest BCUT2D eigenvalue weighted by molar-refractivity contribution is 6.37. The first-order valence-electron chi connectivity index (χ1n) is 15.6. The zero-order chi connectivity index (χ0) is 33.6. The molecule has 0 atom stereocenters. The number of carbonyl (C=O) groups excluding carboxylic acids is 4. The lowest BCUT2D eigenvalue weighted by Gasteiger charge is -2.34. The minimum Gasteiger partial charge on any atom is -0.268 e. The van der Waals surface area contributed by atoms with Gasteiger partial charge < -0.3 is 0 Å². The molecule has 9 rings (SSSR count). The third-order valence-corrected chi connectivity index (χ3v) is 10.2. The molecule has 0 aromatic heterocycles. The molecule has 2 heterocycles. The van der Waals surface area contributed by atoms with E-state index in [-0.39, 0.29) is 11.1 Å². The Labute approximate surface area is 290 Å². The Morgan fingerprint density at radius 3 is 1.16 bits per heavy atom. The van der Waals surface area contributed by atoms with Gasteiger partial charge in [-0.25, -0.2) is 9.80 Å². The summed E-state index contributed by atoms with van der Waals surface area (Å²) in [6.45, 7) is 0. The number of rotatable bonds is 4. The number of halogens is 2. The summed E-state index contributed by atoms with van der Waals surface area (Å²) in [6, 6.07) is 40.9. The van der Waals surface area contributed by atoms with Crippen LogP contribution >= 0.6 is 23.2 Å². The first kappa shape index (κ1) is 29.3. The van der Waals surface area contributed by atoms with Gasteiger partial charge in [0, 0.05) is 10.0 Å². The van der Waals surface area contributed by atoms with E-state index in [0.717, 1.165) is 33.4 Å². The molecule has 1 aliphatic carbocycles. The number of amides is 4. The molecule has 3 aliphatic rings. The monoisotopic (exact) mass is 676 g/mol. The topological polar surface area (TPSA) is 74.8 Å². The summed E-state index contributed by atoms with van der Waals surface area (Å²) >= 11 is 12.3. The van der Waals surface area contributed by atoms with Gasteiger partial charge in [0.1, 0.15) is 0 Å². The molecule has 0 saturated heterocycles. The van der Waals surface area contributed by atoms with Crippen LogP contribution in [0.4, 0.5) is 11.4 Å². The second-order valence-corrected chi connectivity index (χ2v) is 13.1. The summed E-state index contributed by atoms with van der Waals surface area (Å²) in [5.74, 6) is -1.65. The van der Waals surface area contributed by atoms with E-state index >= 15 is 0 Å².